The molecule has 7 nitrogen and oxygen atoms in total. The fraction of sp³-hybridized carbons (Fsp3) is 0.167. The maximum Gasteiger partial charge on any atom is 0.387 e. The number of pyridine rings is 1. The van der Waals surface area contributed by atoms with E-state index in [2.05, 4.69) is 45.7 Å². The van der Waals surface area contributed by atoms with Gasteiger partial charge in [-0.2, -0.15) is 17.6 Å². The average Bonchev–Trinajstić information content (AvgIpc) is 2.82. The number of carbonyl (C=O) groups excluding carboxylic acids is 1. The average molecular weight is 565 g/mol. The van der Waals surface area contributed by atoms with Crippen LogP contribution in [0, 0.1) is 0 Å². The first kappa shape index (κ1) is 25.3. The number of ether oxygens (including phenoxy) is 2. The zero-order chi connectivity index (χ0) is 25.8. The van der Waals surface area contributed by atoms with Crippen LogP contribution in [0.2, 0.25) is 0 Å². The van der Waals surface area contributed by atoms with Crippen molar-refractivity contribution in [2.24, 2.45) is 0 Å². The summed E-state index contributed by atoms with van der Waals surface area (Å²) in [5.74, 6) is -1.77. The number of halogens is 5. The number of hydrogen-bond acceptors (Lipinski definition) is 6. The minimum atomic E-state index is -3.23. The minimum absolute atomic E-state index is 0.229. The zero-order valence-corrected chi connectivity index (χ0v) is 20.0. The fourth-order valence-corrected chi connectivity index (χ4v) is 3.65. The van der Waals surface area contributed by atoms with Crippen molar-refractivity contribution < 1.29 is 31.8 Å². The number of amides is 1. The molecule has 1 amide bonds. The first-order valence-electron chi connectivity index (χ1n) is 10.4. The number of para-hydroxylation sites is 2. The highest BCUT2D eigenvalue weighted by Gasteiger charge is 2.22. The summed E-state index contributed by atoms with van der Waals surface area (Å²) in [5.41, 5.74) is 2.28. The predicted octanol–water partition coefficient (Wildman–Crippen LogP) is 6.15. The van der Waals surface area contributed by atoms with Gasteiger partial charge in [-0.1, -0.05) is 12.1 Å². The SMILES string of the molecule is C[C@H](NC(=O)c1cc(OC(F)F)cc(OC(F)F)c1)c1nc2ccccc2nc1-c1ccc(Br)cn1. The van der Waals surface area contributed by atoms with Gasteiger partial charge in [0.25, 0.3) is 5.91 Å². The Morgan fingerprint density at radius 3 is 2.08 bits per heavy atom. The Labute approximate surface area is 210 Å². The van der Waals surface area contributed by atoms with Crippen LogP contribution in [-0.4, -0.2) is 34.1 Å². The number of nitrogens with one attached hydrogen (secondary N) is 1. The second kappa shape index (κ2) is 10.9. The highest BCUT2D eigenvalue weighted by molar-refractivity contribution is 9.10. The van der Waals surface area contributed by atoms with Gasteiger partial charge in [0.05, 0.1) is 28.5 Å². The second-order valence-electron chi connectivity index (χ2n) is 7.45. The Morgan fingerprint density at radius 1 is 0.917 bits per heavy atom. The lowest BCUT2D eigenvalue weighted by molar-refractivity contribution is -0.0543. The third kappa shape index (κ3) is 6.06. The molecule has 0 aliphatic carbocycles. The number of hydrogen-bond donors (Lipinski definition) is 1. The van der Waals surface area contributed by atoms with Gasteiger partial charge in [0.1, 0.15) is 17.2 Å². The molecule has 0 radical (unpaired) electrons. The molecule has 12 heteroatoms. The van der Waals surface area contributed by atoms with Gasteiger partial charge < -0.3 is 14.8 Å². The number of fused-ring (bicyclic) bond motifs is 1. The highest BCUT2D eigenvalue weighted by Crippen LogP contribution is 2.29. The maximum absolute atomic E-state index is 13.0. The van der Waals surface area contributed by atoms with Crippen LogP contribution in [0.5, 0.6) is 11.5 Å². The molecule has 0 aliphatic heterocycles. The van der Waals surface area contributed by atoms with Crippen LogP contribution in [0.25, 0.3) is 22.4 Å². The van der Waals surface area contributed by atoms with Crippen molar-refractivity contribution in [1.29, 1.82) is 0 Å². The van der Waals surface area contributed by atoms with E-state index in [9.17, 15) is 22.4 Å². The summed E-state index contributed by atoms with van der Waals surface area (Å²) < 4.78 is 60.1. The molecular formula is C24H17BrF4N4O3. The molecule has 1 N–H and O–H groups in total. The summed E-state index contributed by atoms with van der Waals surface area (Å²) in [6.45, 7) is -4.80. The van der Waals surface area contributed by atoms with Crippen LogP contribution in [0.15, 0.2) is 65.3 Å². The molecule has 0 aliphatic rings. The molecule has 36 heavy (non-hydrogen) atoms. The monoisotopic (exact) mass is 564 g/mol. The van der Waals surface area contributed by atoms with Gasteiger partial charge in [0.2, 0.25) is 0 Å². The smallest absolute Gasteiger partial charge is 0.387 e. The van der Waals surface area contributed by atoms with Gasteiger partial charge in [-0.25, -0.2) is 9.97 Å². The first-order chi connectivity index (χ1) is 17.2. The molecule has 0 bridgehead atoms. The number of benzene rings is 2. The Morgan fingerprint density at radius 2 is 1.53 bits per heavy atom. The summed E-state index contributed by atoms with van der Waals surface area (Å²) in [6, 6.07) is 12.8. The van der Waals surface area contributed by atoms with Gasteiger partial charge in [-0.05, 0) is 59.3 Å². The van der Waals surface area contributed by atoms with E-state index >= 15 is 0 Å². The molecule has 2 heterocycles. The van der Waals surface area contributed by atoms with Crippen molar-refractivity contribution in [3.8, 4) is 22.9 Å². The van der Waals surface area contributed by atoms with Crippen LogP contribution in [0.1, 0.15) is 29.0 Å². The van der Waals surface area contributed by atoms with Crippen molar-refractivity contribution in [2.75, 3.05) is 0 Å². The molecule has 0 unspecified atom stereocenters. The van der Waals surface area contributed by atoms with Gasteiger partial charge >= 0.3 is 13.2 Å². The number of carbonyl (C=O) groups is 1. The van der Waals surface area contributed by atoms with Crippen molar-refractivity contribution in [1.82, 2.24) is 20.3 Å². The molecule has 4 aromatic rings. The molecule has 0 spiro atoms. The van der Waals surface area contributed by atoms with E-state index < -0.39 is 36.7 Å². The molecular weight excluding hydrogens is 548 g/mol. The molecule has 2 aromatic heterocycles. The summed E-state index contributed by atoms with van der Waals surface area (Å²) in [6.07, 6.45) is 1.60. The first-order valence-corrected chi connectivity index (χ1v) is 11.2. The quantitative estimate of drug-likeness (QED) is 0.258. The Kier molecular flexibility index (Phi) is 7.63. The van der Waals surface area contributed by atoms with E-state index in [1.807, 2.05) is 6.07 Å². The van der Waals surface area contributed by atoms with E-state index in [4.69, 9.17) is 0 Å². The van der Waals surface area contributed by atoms with Crippen LogP contribution in [0.3, 0.4) is 0 Å². The third-order valence-corrected chi connectivity index (χ3v) is 5.39. The lowest BCUT2D eigenvalue weighted by atomic mass is 10.1. The number of alkyl halides is 4. The predicted molar refractivity (Wildman–Crippen MR) is 126 cm³/mol. The number of rotatable bonds is 8. The number of nitrogens with zero attached hydrogens (tertiary/aromatic N) is 3. The fourth-order valence-electron chi connectivity index (χ4n) is 3.41. The van der Waals surface area contributed by atoms with E-state index in [0.29, 0.717) is 28.1 Å². The summed E-state index contributed by atoms with van der Waals surface area (Å²) in [4.78, 5) is 26.7. The van der Waals surface area contributed by atoms with Crippen molar-refractivity contribution >= 4 is 32.9 Å². The lowest BCUT2D eigenvalue weighted by Gasteiger charge is -2.18. The molecule has 0 saturated heterocycles. The third-order valence-electron chi connectivity index (χ3n) is 4.92. The standard InChI is InChI=1S/C24H17BrF4N4O3/c1-12(31-22(34)13-8-15(35-23(26)27)10-16(9-13)36-24(28)29)20-21(19-7-6-14(25)11-30-19)33-18-5-3-2-4-17(18)32-20/h2-12,23-24H,1H3,(H,31,34)/t12-/m0/s1. The normalized spacial score (nSPS) is 12.1. The van der Waals surface area contributed by atoms with Crippen LogP contribution in [-0.2, 0) is 0 Å². The van der Waals surface area contributed by atoms with E-state index in [-0.39, 0.29) is 5.56 Å². The zero-order valence-electron chi connectivity index (χ0n) is 18.5. The summed E-state index contributed by atoms with van der Waals surface area (Å²) in [7, 11) is 0. The second-order valence-corrected chi connectivity index (χ2v) is 8.37. The Bertz CT molecular complexity index is 1360. The van der Waals surface area contributed by atoms with Gasteiger partial charge in [-0.15, -0.1) is 0 Å². The largest absolute Gasteiger partial charge is 0.435 e. The van der Waals surface area contributed by atoms with Crippen molar-refractivity contribution in [3.63, 3.8) is 0 Å². The highest BCUT2D eigenvalue weighted by atomic mass is 79.9. The summed E-state index contributed by atoms with van der Waals surface area (Å²) in [5, 5.41) is 2.70. The van der Waals surface area contributed by atoms with Crippen molar-refractivity contribution in [2.45, 2.75) is 26.2 Å². The molecule has 186 valence electrons. The van der Waals surface area contributed by atoms with E-state index in [1.165, 1.54) is 0 Å². The van der Waals surface area contributed by atoms with Gasteiger partial charge in [0.15, 0.2) is 0 Å². The van der Waals surface area contributed by atoms with E-state index in [0.717, 1.165) is 22.7 Å². The van der Waals surface area contributed by atoms with E-state index in [1.54, 1.807) is 43.5 Å². The number of aromatic nitrogens is 3. The van der Waals surface area contributed by atoms with Crippen LogP contribution < -0.4 is 14.8 Å². The van der Waals surface area contributed by atoms with Crippen LogP contribution >= 0.6 is 15.9 Å². The minimum Gasteiger partial charge on any atom is -0.435 e. The molecule has 0 saturated carbocycles. The van der Waals surface area contributed by atoms with Gasteiger partial charge in [-0.3, -0.25) is 9.78 Å². The summed E-state index contributed by atoms with van der Waals surface area (Å²) >= 11 is 3.34. The molecule has 0 fully saturated rings. The topological polar surface area (TPSA) is 86.2 Å². The molecule has 1 atom stereocenters. The van der Waals surface area contributed by atoms with Crippen molar-refractivity contribution in [3.05, 3.63) is 76.5 Å². The maximum atomic E-state index is 13.0. The Hall–Kier alpha value is -3.80. The molecule has 2 aromatic carbocycles. The Balaban J connectivity index is 1.69. The lowest BCUT2D eigenvalue weighted by Crippen LogP contribution is -2.28. The molecule has 4 rings (SSSR count). The van der Waals surface area contributed by atoms with Crippen LogP contribution in [0.4, 0.5) is 17.6 Å². The van der Waals surface area contributed by atoms with Gasteiger partial charge in [0, 0.05) is 22.3 Å².